The molecule has 1 aliphatic carbocycles. The maximum atomic E-state index is 7.14. The summed E-state index contributed by atoms with van der Waals surface area (Å²) in [6.07, 6.45) is 4.88. The number of anilines is 2. The van der Waals surface area contributed by atoms with Gasteiger partial charge in [0.15, 0.2) is 5.58 Å². The van der Waals surface area contributed by atoms with Gasteiger partial charge in [-0.3, -0.25) is 0 Å². The van der Waals surface area contributed by atoms with Gasteiger partial charge in [0.2, 0.25) is 0 Å². The van der Waals surface area contributed by atoms with Crippen LogP contribution in [0.5, 0.6) is 0 Å². The van der Waals surface area contributed by atoms with Crippen LogP contribution in [0.25, 0.3) is 54.9 Å². The van der Waals surface area contributed by atoms with Crippen molar-refractivity contribution in [2.45, 2.75) is 129 Å². The highest BCUT2D eigenvalue weighted by Gasteiger charge is 2.62. The van der Waals surface area contributed by atoms with Crippen LogP contribution < -0.4 is 15.8 Å². The first-order chi connectivity index (χ1) is 25.4. The average Bonchev–Trinajstić information content (AvgIpc) is 3.71. The van der Waals surface area contributed by atoms with Gasteiger partial charge in [-0.2, -0.15) is 0 Å². The molecule has 2 unspecified atom stereocenters. The Kier molecular flexibility index (Phi) is 6.02. The molecule has 1 fully saturated rings. The number of furan rings is 1. The Hall–Kier alpha value is -4.44. The van der Waals surface area contributed by atoms with Crippen LogP contribution in [-0.4, -0.2) is 16.9 Å². The zero-order valence-electron chi connectivity index (χ0n) is 34.1. The van der Waals surface area contributed by atoms with Crippen LogP contribution in [0.3, 0.4) is 0 Å². The number of fused-ring (bicyclic) bond motifs is 14. The lowest BCUT2D eigenvalue weighted by Crippen LogP contribution is -2.62. The minimum absolute atomic E-state index is 0.00704. The van der Waals surface area contributed by atoms with Crippen molar-refractivity contribution in [3.8, 4) is 11.1 Å². The summed E-state index contributed by atoms with van der Waals surface area (Å²) >= 11 is 0. The second-order valence-corrected chi connectivity index (χ2v) is 20.9. The summed E-state index contributed by atoms with van der Waals surface area (Å²) < 4.78 is 9.91. The SMILES string of the molecule is CC(C)(C)c1cc2c3c(c1)C1(C)CCCCC1(C)N3c1c3c(cc4c1oc1ccccc14)-c1cc(C(C)(C)C)cc4c5cc(C(C)(C)C)ccc5n(c14)B23. The Morgan fingerprint density at radius 2 is 1.31 bits per heavy atom. The molecule has 4 aliphatic rings. The lowest BCUT2D eigenvalue weighted by Gasteiger charge is -2.52. The Morgan fingerprint density at radius 1 is 0.630 bits per heavy atom. The monoisotopic (exact) mass is 708 g/mol. The lowest BCUT2D eigenvalue weighted by atomic mass is 9.44. The van der Waals surface area contributed by atoms with Gasteiger partial charge >= 0.3 is 6.85 Å². The maximum Gasteiger partial charge on any atom is 0.333 e. The van der Waals surface area contributed by atoms with E-state index in [-0.39, 0.29) is 34.0 Å². The Labute approximate surface area is 320 Å². The zero-order chi connectivity index (χ0) is 37.6. The summed E-state index contributed by atoms with van der Waals surface area (Å²) in [6.45, 7) is 26.5. The minimum Gasteiger partial charge on any atom is -0.454 e. The summed E-state index contributed by atoms with van der Waals surface area (Å²) in [4.78, 5) is 2.85. The van der Waals surface area contributed by atoms with E-state index in [1.165, 1.54) is 102 Å². The number of nitrogens with zero attached hydrogens (tertiary/aromatic N) is 2. The van der Waals surface area contributed by atoms with Crippen LogP contribution in [0.4, 0.5) is 11.4 Å². The fourth-order valence-electron chi connectivity index (χ4n) is 11.4. The van der Waals surface area contributed by atoms with Crippen molar-refractivity contribution < 1.29 is 4.42 Å². The molecule has 0 bridgehead atoms. The molecule has 3 aliphatic heterocycles. The molecule has 0 saturated heterocycles. The Balaban J connectivity index is 1.40. The molecule has 0 N–H and O–H groups in total. The molecule has 1 saturated carbocycles. The van der Waals surface area contributed by atoms with Crippen LogP contribution in [0.2, 0.25) is 0 Å². The standard InChI is InChI=1S/C50H53BN2O/c1-46(2,3)28-18-19-39-32(22-28)34-23-29(47(4,5)6)24-35-33-27-36-31-16-12-13-17-40(31)54-45(36)44-41(33)51(53(39)42(34)35)38-26-30(48(7,8)9)25-37-43(38)52(44)50(11)21-15-14-20-49(37,50)10/h12-13,16-19,22-27H,14-15,20-21H2,1-11H3. The molecule has 0 radical (unpaired) electrons. The van der Waals surface area contributed by atoms with E-state index >= 15 is 0 Å². The molecule has 5 aromatic carbocycles. The van der Waals surface area contributed by atoms with Crippen molar-refractivity contribution in [2.75, 3.05) is 4.90 Å². The first-order valence-electron chi connectivity index (χ1n) is 20.5. The van der Waals surface area contributed by atoms with Crippen LogP contribution >= 0.6 is 0 Å². The van der Waals surface area contributed by atoms with Crippen molar-refractivity contribution in [3.05, 3.63) is 95.1 Å². The normalized spacial score (nSPS) is 21.8. The van der Waals surface area contributed by atoms with Crippen molar-refractivity contribution in [1.29, 1.82) is 0 Å². The number of hydrogen-bond donors (Lipinski definition) is 0. The number of aromatic nitrogens is 1. The molecule has 11 rings (SSSR count). The molecular formula is C50H53BN2O. The quantitative estimate of drug-likeness (QED) is 0.146. The van der Waals surface area contributed by atoms with E-state index in [0.717, 1.165) is 17.6 Å². The maximum absolute atomic E-state index is 7.14. The molecular weight excluding hydrogens is 655 g/mol. The van der Waals surface area contributed by atoms with Gasteiger partial charge in [0.1, 0.15) is 5.58 Å². The van der Waals surface area contributed by atoms with E-state index in [9.17, 15) is 0 Å². The molecule has 54 heavy (non-hydrogen) atoms. The van der Waals surface area contributed by atoms with Gasteiger partial charge in [0, 0.05) is 49.2 Å². The molecule has 0 spiro atoms. The molecule has 2 atom stereocenters. The molecule has 0 amide bonds. The third-order valence-electron chi connectivity index (χ3n) is 14.7. The van der Waals surface area contributed by atoms with E-state index < -0.39 is 0 Å². The van der Waals surface area contributed by atoms with E-state index in [1.807, 2.05) is 0 Å². The topological polar surface area (TPSA) is 21.3 Å². The summed E-state index contributed by atoms with van der Waals surface area (Å²) in [7, 11) is 0. The van der Waals surface area contributed by atoms with Gasteiger partial charge in [0.25, 0.3) is 0 Å². The summed E-state index contributed by atoms with van der Waals surface area (Å²) in [5, 5.41) is 5.18. The zero-order valence-corrected chi connectivity index (χ0v) is 34.1. The van der Waals surface area contributed by atoms with Gasteiger partial charge in [-0.1, -0.05) is 118 Å². The van der Waals surface area contributed by atoms with Gasteiger partial charge in [-0.15, -0.1) is 0 Å². The van der Waals surface area contributed by atoms with Gasteiger partial charge < -0.3 is 13.8 Å². The largest absolute Gasteiger partial charge is 0.454 e. The van der Waals surface area contributed by atoms with E-state index in [2.05, 4.69) is 158 Å². The number of para-hydroxylation sites is 1. The fourth-order valence-corrected chi connectivity index (χ4v) is 11.4. The van der Waals surface area contributed by atoms with Gasteiger partial charge in [0.05, 0.1) is 11.2 Å². The van der Waals surface area contributed by atoms with Crippen molar-refractivity contribution in [1.82, 2.24) is 4.48 Å². The second-order valence-electron chi connectivity index (χ2n) is 20.9. The lowest BCUT2D eigenvalue weighted by molar-refractivity contribution is 0.195. The highest BCUT2D eigenvalue weighted by atomic mass is 16.3. The third kappa shape index (κ3) is 3.86. The summed E-state index contributed by atoms with van der Waals surface area (Å²) in [5.74, 6) is 0. The molecule has 272 valence electrons. The minimum atomic E-state index is -0.0892. The Morgan fingerprint density at radius 3 is 2.06 bits per heavy atom. The highest BCUT2D eigenvalue weighted by molar-refractivity contribution is 6.90. The van der Waals surface area contributed by atoms with Crippen LogP contribution in [0.15, 0.2) is 77.2 Å². The van der Waals surface area contributed by atoms with E-state index in [1.54, 1.807) is 5.56 Å². The number of benzene rings is 5. The summed E-state index contributed by atoms with van der Waals surface area (Å²) in [5.41, 5.74) is 18.8. The first-order valence-corrected chi connectivity index (χ1v) is 20.5. The number of hydrogen-bond acceptors (Lipinski definition) is 2. The molecule has 7 aromatic rings. The highest BCUT2D eigenvalue weighted by Crippen LogP contribution is 2.63. The van der Waals surface area contributed by atoms with Gasteiger partial charge in [-0.05, 0) is 111 Å². The molecule has 4 heteroatoms. The summed E-state index contributed by atoms with van der Waals surface area (Å²) in [6, 6.07) is 28.9. The van der Waals surface area contributed by atoms with E-state index in [4.69, 9.17) is 4.42 Å². The van der Waals surface area contributed by atoms with Gasteiger partial charge in [-0.25, -0.2) is 0 Å². The van der Waals surface area contributed by atoms with Crippen molar-refractivity contribution in [2.24, 2.45) is 0 Å². The fraction of sp³-hybridized carbons (Fsp3) is 0.400. The third-order valence-corrected chi connectivity index (χ3v) is 14.7. The smallest absolute Gasteiger partial charge is 0.333 e. The van der Waals surface area contributed by atoms with Crippen LogP contribution in [-0.2, 0) is 21.7 Å². The molecule has 5 heterocycles. The molecule has 2 aromatic heterocycles. The van der Waals surface area contributed by atoms with Crippen LogP contribution in [0, 0.1) is 0 Å². The predicted molar refractivity (Wildman–Crippen MR) is 231 cm³/mol. The first kappa shape index (κ1) is 32.9. The van der Waals surface area contributed by atoms with Crippen molar-refractivity contribution in [3.63, 3.8) is 0 Å². The van der Waals surface area contributed by atoms with E-state index in [0.29, 0.717) is 0 Å². The van der Waals surface area contributed by atoms with Crippen molar-refractivity contribution >= 4 is 72.9 Å². The predicted octanol–water partition coefficient (Wildman–Crippen LogP) is 12.3. The number of rotatable bonds is 0. The average molecular weight is 709 g/mol. The molecule has 3 nitrogen and oxygen atoms in total. The Bertz CT molecular complexity index is 2830. The second kappa shape index (κ2) is 9.86. The van der Waals surface area contributed by atoms with Crippen LogP contribution in [0.1, 0.15) is 124 Å².